The van der Waals surface area contributed by atoms with E-state index in [1.165, 1.54) is 37.7 Å². The van der Waals surface area contributed by atoms with Gasteiger partial charge >= 0.3 is 35.6 Å². The van der Waals surface area contributed by atoms with Crippen molar-refractivity contribution >= 4 is 30.5 Å². The molecular weight excluding hydrogens is 389 g/mol. The van der Waals surface area contributed by atoms with Crippen LogP contribution in [0.25, 0.3) is 0 Å². The average molecular weight is 412 g/mol. The number of hydrogen-bond acceptors (Lipinski definition) is 2. The van der Waals surface area contributed by atoms with Gasteiger partial charge in [-0.1, -0.05) is 43.5 Å². The van der Waals surface area contributed by atoms with Gasteiger partial charge in [-0.2, -0.15) is 0 Å². The van der Waals surface area contributed by atoms with Gasteiger partial charge in [0.15, 0.2) is 0 Å². The van der Waals surface area contributed by atoms with Gasteiger partial charge in [0, 0.05) is 11.8 Å². The molecule has 1 N–H and O–H groups in total. The van der Waals surface area contributed by atoms with Crippen molar-refractivity contribution < 1.29 is 22.1 Å². The fourth-order valence-electron chi connectivity index (χ4n) is 3.26. The van der Waals surface area contributed by atoms with Gasteiger partial charge in [0.25, 0.3) is 0 Å². The molecule has 0 aromatic heterocycles. The summed E-state index contributed by atoms with van der Waals surface area (Å²) in [6.45, 7) is 1.97. The molecule has 0 bridgehead atoms. The third-order valence-corrected chi connectivity index (χ3v) is 4.54. The number of aryl methyl sites for hydroxylation is 1. The van der Waals surface area contributed by atoms with E-state index >= 15 is 0 Å². The Morgan fingerprint density at radius 3 is 2.36 bits per heavy atom. The maximum atomic E-state index is 10.3. The molecule has 0 spiro atoms. The van der Waals surface area contributed by atoms with Crippen molar-refractivity contribution in [2.24, 2.45) is 4.99 Å². The molecule has 0 saturated heterocycles. The molecule has 1 fully saturated rings. The Hall–Kier alpha value is -0.796. The third kappa shape index (κ3) is 6.45. The molecule has 1 aliphatic rings. The number of phenols is 1. The minimum atomic E-state index is -0.556. The second kappa shape index (κ2) is 11.0. The van der Waals surface area contributed by atoms with Crippen LogP contribution in [-0.4, -0.2) is 11.3 Å². The first kappa shape index (κ1) is 20.5. The first-order valence-electron chi connectivity index (χ1n) is 8.54. The summed E-state index contributed by atoms with van der Waals surface area (Å²) in [6, 6.07) is 14.1. The first-order valence-corrected chi connectivity index (χ1v) is 12.8. The van der Waals surface area contributed by atoms with Gasteiger partial charge in [-0.15, -0.1) is 0 Å². The number of phenolic OH excluding ortho intramolecular Hbond substituents is 1. The molecule has 5 heteroatoms. The Morgan fingerprint density at radius 2 is 1.72 bits per heavy atom. The Kier molecular flexibility index (Phi) is 9.05. The van der Waals surface area contributed by atoms with Crippen molar-refractivity contribution in [3.63, 3.8) is 0 Å². The average Bonchev–Trinajstić information content (AvgIpc) is 2.65. The number of halogens is 2. The number of benzene rings is 2. The SMILES string of the molecule is Cc1cc(C2CCCCC2)cc(C=Nc2ccccc2)c1O.[Cl][Ti][Cl]. The molecule has 1 aliphatic carbocycles. The molecule has 2 aromatic rings. The van der Waals surface area contributed by atoms with Crippen LogP contribution in [0.4, 0.5) is 5.69 Å². The second-order valence-electron chi connectivity index (χ2n) is 6.28. The molecule has 0 aliphatic heterocycles. The summed E-state index contributed by atoms with van der Waals surface area (Å²) >= 11 is -0.556. The van der Waals surface area contributed by atoms with Crippen molar-refractivity contribution in [3.8, 4) is 5.75 Å². The van der Waals surface area contributed by atoms with Gasteiger partial charge < -0.3 is 5.11 Å². The van der Waals surface area contributed by atoms with E-state index < -0.39 is 17.0 Å². The zero-order valence-corrected chi connectivity index (χ0v) is 17.5. The maximum absolute atomic E-state index is 10.3. The number of aromatic hydroxyl groups is 1. The summed E-state index contributed by atoms with van der Waals surface area (Å²) in [7, 11) is 9.78. The number of hydrogen-bond donors (Lipinski definition) is 1. The van der Waals surface area contributed by atoms with E-state index in [-0.39, 0.29) is 0 Å². The molecule has 0 atom stereocenters. The van der Waals surface area contributed by atoms with E-state index in [0.29, 0.717) is 11.7 Å². The summed E-state index contributed by atoms with van der Waals surface area (Å²) < 4.78 is 0. The van der Waals surface area contributed by atoms with Crippen molar-refractivity contribution in [2.45, 2.75) is 44.9 Å². The predicted octanol–water partition coefficient (Wildman–Crippen LogP) is 6.88. The van der Waals surface area contributed by atoms with Crippen molar-refractivity contribution in [3.05, 3.63) is 59.2 Å². The van der Waals surface area contributed by atoms with Crippen LogP contribution in [0.5, 0.6) is 5.75 Å². The molecule has 0 heterocycles. The number of aliphatic imine (C=N–C) groups is 1. The molecule has 132 valence electrons. The van der Waals surface area contributed by atoms with Crippen LogP contribution in [-0.2, 0) is 17.0 Å². The van der Waals surface area contributed by atoms with Crippen molar-refractivity contribution in [1.82, 2.24) is 0 Å². The number of nitrogens with zero attached hydrogens (tertiary/aromatic N) is 1. The van der Waals surface area contributed by atoms with Crippen LogP contribution in [0.1, 0.15) is 54.7 Å². The number of rotatable bonds is 3. The molecule has 1 saturated carbocycles. The molecule has 25 heavy (non-hydrogen) atoms. The van der Waals surface area contributed by atoms with E-state index in [0.717, 1.165) is 16.8 Å². The standard InChI is InChI=1S/C20H23NO.2ClH.Ti/c1-15-12-17(16-8-4-2-5-9-16)13-18(20(15)22)14-21-19-10-6-3-7-11-19;;;/h3,6-7,10-14,16,22H,2,4-5,8-9H2,1H3;2*1H;/q;;;+2/p-2. The summed E-state index contributed by atoms with van der Waals surface area (Å²) in [5.41, 5.74) is 4.02. The second-order valence-corrected chi connectivity index (χ2v) is 8.85. The molecule has 0 unspecified atom stereocenters. The zero-order valence-electron chi connectivity index (χ0n) is 14.4. The Bertz CT molecular complexity index is 686. The van der Waals surface area contributed by atoms with E-state index in [2.05, 4.69) is 17.1 Å². The molecule has 2 aromatic carbocycles. The summed E-state index contributed by atoms with van der Waals surface area (Å²) in [4.78, 5) is 4.48. The number of para-hydroxylation sites is 1. The Balaban J connectivity index is 0.000000701. The third-order valence-electron chi connectivity index (χ3n) is 4.54. The summed E-state index contributed by atoms with van der Waals surface area (Å²) in [6.07, 6.45) is 8.30. The van der Waals surface area contributed by atoms with Crippen LogP contribution < -0.4 is 0 Å². The van der Waals surface area contributed by atoms with Crippen molar-refractivity contribution in [1.29, 1.82) is 0 Å². The molecule has 3 rings (SSSR count). The monoisotopic (exact) mass is 411 g/mol. The van der Waals surface area contributed by atoms with Gasteiger partial charge in [-0.3, -0.25) is 4.99 Å². The summed E-state index contributed by atoms with van der Waals surface area (Å²) in [5.74, 6) is 0.983. The van der Waals surface area contributed by atoms with Crippen molar-refractivity contribution in [2.75, 3.05) is 0 Å². The Morgan fingerprint density at radius 1 is 1.08 bits per heavy atom. The van der Waals surface area contributed by atoms with Crippen LogP contribution in [0, 0.1) is 6.92 Å². The van der Waals surface area contributed by atoms with E-state index in [9.17, 15) is 5.11 Å². The minimum absolute atomic E-state index is 0.347. The normalized spacial score (nSPS) is 14.8. The fourth-order valence-corrected chi connectivity index (χ4v) is 3.26. The predicted molar refractivity (Wildman–Crippen MR) is 104 cm³/mol. The van der Waals surface area contributed by atoms with Crippen LogP contribution in [0.3, 0.4) is 0 Å². The molecule has 2 nitrogen and oxygen atoms in total. The molecular formula is C20H23Cl2NOTi. The van der Waals surface area contributed by atoms with E-state index in [4.69, 9.17) is 18.6 Å². The van der Waals surface area contributed by atoms with Gasteiger partial charge in [0.05, 0.1) is 5.69 Å². The van der Waals surface area contributed by atoms with Gasteiger partial charge in [0.2, 0.25) is 0 Å². The van der Waals surface area contributed by atoms with Gasteiger partial charge in [-0.25, -0.2) is 0 Å². The van der Waals surface area contributed by atoms with Gasteiger partial charge in [-0.05, 0) is 55.0 Å². The zero-order chi connectivity index (χ0) is 18.1. The van der Waals surface area contributed by atoms with Gasteiger partial charge in [0.1, 0.15) is 5.75 Å². The fraction of sp³-hybridized carbons (Fsp3) is 0.350. The van der Waals surface area contributed by atoms with Crippen LogP contribution in [0.2, 0.25) is 0 Å². The summed E-state index contributed by atoms with van der Waals surface area (Å²) in [5, 5.41) is 10.3. The topological polar surface area (TPSA) is 32.6 Å². The first-order chi connectivity index (χ1) is 12.2. The quantitative estimate of drug-likeness (QED) is 0.433. The molecule has 0 amide bonds. The molecule has 0 radical (unpaired) electrons. The van der Waals surface area contributed by atoms with Crippen LogP contribution >= 0.6 is 18.6 Å². The van der Waals surface area contributed by atoms with Crippen LogP contribution in [0.15, 0.2) is 47.5 Å². The van der Waals surface area contributed by atoms with E-state index in [1.807, 2.05) is 37.3 Å². The Labute approximate surface area is 167 Å². The van der Waals surface area contributed by atoms with E-state index in [1.54, 1.807) is 6.21 Å².